The van der Waals surface area contributed by atoms with Crippen molar-refractivity contribution in [2.75, 3.05) is 17.7 Å². The molecule has 2 N–H and O–H groups in total. The zero-order chi connectivity index (χ0) is 22.9. The summed E-state index contributed by atoms with van der Waals surface area (Å²) < 4.78 is 11.6. The Hall–Kier alpha value is -4.17. The molecule has 0 bridgehead atoms. The van der Waals surface area contributed by atoms with Crippen molar-refractivity contribution < 1.29 is 19.1 Å². The summed E-state index contributed by atoms with van der Waals surface area (Å²) >= 11 is 1.52. The lowest BCUT2D eigenvalue weighted by Gasteiger charge is -2.11. The SMILES string of the molecule is COC(=O)c1cccc(Oc2ccc(N/C(C)=C3\C(=O)Nc4ccc5ncsc5c43)cc2)c1. The molecule has 0 saturated carbocycles. The molecule has 0 spiro atoms. The second-order valence-electron chi connectivity index (χ2n) is 7.41. The number of carbonyl (C=O) groups excluding carboxylic acids is 2. The molecule has 0 unspecified atom stereocenters. The molecule has 1 aromatic heterocycles. The van der Waals surface area contributed by atoms with Gasteiger partial charge in [0.1, 0.15) is 11.5 Å². The zero-order valence-corrected chi connectivity index (χ0v) is 18.7. The van der Waals surface area contributed by atoms with Crippen molar-refractivity contribution in [3.05, 3.63) is 83.0 Å². The van der Waals surface area contributed by atoms with Crippen LogP contribution in [0.2, 0.25) is 0 Å². The molecule has 8 heteroatoms. The van der Waals surface area contributed by atoms with Gasteiger partial charge in [-0.05, 0) is 61.5 Å². The Kier molecular flexibility index (Phi) is 5.27. The maximum atomic E-state index is 12.7. The van der Waals surface area contributed by atoms with E-state index in [4.69, 9.17) is 9.47 Å². The molecule has 7 nitrogen and oxygen atoms in total. The van der Waals surface area contributed by atoms with Gasteiger partial charge in [-0.1, -0.05) is 6.07 Å². The Balaban J connectivity index is 1.37. The number of nitrogens with one attached hydrogen (secondary N) is 2. The third-order valence-electron chi connectivity index (χ3n) is 5.28. The number of benzene rings is 3. The number of esters is 1. The molecule has 2 heterocycles. The van der Waals surface area contributed by atoms with E-state index >= 15 is 0 Å². The first kappa shape index (κ1) is 20.7. The number of aromatic nitrogens is 1. The molecule has 1 amide bonds. The van der Waals surface area contributed by atoms with Crippen molar-refractivity contribution in [1.82, 2.24) is 4.98 Å². The van der Waals surface area contributed by atoms with Crippen LogP contribution >= 0.6 is 11.3 Å². The van der Waals surface area contributed by atoms with E-state index in [0.717, 1.165) is 32.9 Å². The second-order valence-corrected chi connectivity index (χ2v) is 8.27. The number of carbonyl (C=O) groups is 2. The first-order valence-corrected chi connectivity index (χ1v) is 11.0. The smallest absolute Gasteiger partial charge is 0.337 e. The minimum absolute atomic E-state index is 0.138. The Bertz CT molecular complexity index is 1420. The summed E-state index contributed by atoms with van der Waals surface area (Å²) in [5.74, 6) is 0.589. The monoisotopic (exact) mass is 457 g/mol. The average molecular weight is 458 g/mol. The summed E-state index contributed by atoms with van der Waals surface area (Å²) in [6, 6.07) is 18.0. The molecular weight excluding hydrogens is 438 g/mol. The van der Waals surface area contributed by atoms with Crippen LogP contribution in [0.5, 0.6) is 11.5 Å². The van der Waals surface area contributed by atoms with Crippen LogP contribution in [0.4, 0.5) is 11.4 Å². The number of allylic oxidation sites excluding steroid dienone is 1. The highest BCUT2D eigenvalue weighted by Gasteiger charge is 2.29. The van der Waals surface area contributed by atoms with Gasteiger partial charge in [0.05, 0.1) is 39.7 Å². The van der Waals surface area contributed by atoms with Crippen LogP contribution in [0.1, 0.15) is 22.8 Å². The fraction of sp³-hybridized carbons (Fsp3) is 0.0800. The highest BCUT2D eigenvalue weighted by molar-refractivity contribution is 7.17. The van der Waals surface area contributed by atoms with E-state index in [-0.39, 0.29) is 5.91 Å². The molecule has 3 aromatic carbocycles. The molecular formula is C25H19N3O4S. The number of anilines is 2. The first-order valence-electron chi connectivity index (χ1n) is 10.2. The van der Waals surface area contributed by atoms with Crippen LogP contribution in [-0.4, -0.2) is 24.0 Å². The van der Waals surface area contributed by atoms with Gasteiger partial charge in [-0.15, -0.1) is 11.3 Å². The van der Waals surface area contributed by atoms with Gasteiger partial charge in [-0.2, -0.15) is 0 Å². The number of thiazole rings is 1. The van der Waals surface area contributed by atoms with Gasteiger partial charge in [0.2, 0.25) is 0 Å². The minimum Gasteiger partial charge on any atom is -0.465 e. The van der Waals surface area contributed by atoms with Crippen LogP contribution in [0, 0.1) is 0 Å². The zero-order valence-electron chi connectivity index (χ0n) is 17.8. The number of amides is 1. The summed E-state index contributed by atoms with van der Waals surface area (Å²) in [4.78, 5) is 28.8. The van der Waals surface area contributed by atoms with E-state index in [2.05, 4.69) is 15.6 Å². The fourth-order valence-corrected chi connectivity index (χ4v) is 4.61. The summed E-state index contributed by atoms with van der Waals surface area (Å²) in [5.41, 5.74) is 6.92. The van der Waals surface area contributed by atoms with E-state index < -0.39 is 5.97 Å². The average Bonchev–Trinajstić information content (AvgIpc) is 3.43. The van der Waals surface area contributed by atoms with Crippen molar-refractivity contribution in [1.29, 1.82) is 0 Å². The third-order valence-corrected chi connectivity index (χ3v) is 6.14. The van der Waals surface area contributed by atoms with E-state index in [1.165, 1.54) is 18.4 Å². The molecule has 0 saturated heterocycles. The normalized spacial score (nSPS) is 13.9. The van der Waals surface area contributed by atoms with E-state index in [0.29, 0.717) is 22.6 Å². The third kappa shape index (κ3) is 3.92. The predicted molar refractivity (Wildman–Crippen MR) is 129 cm³/mol. The van der Waals surface area contributed by atoms with Gasteiger partial charge < -0.3 is 20.1 Å². The largest absolute Gasteiger partial charge is 0.465 e. The van der Waals surface area contributed by atoms with E-state index in [9.17, 15) is 9.59 Å². The standard InChI is InChI=1S/C25H19N3O4S/c1-14(21-22-19(28-24(21)29)10-11-20-23(22)33-13-26-20)27-16-6-8-17(9-7-16)32-18-5-3-4-15(12-18)25(30)31-2/h3-13,27H,1-2H3,(H,28,29)/b21-14-. The van der Waals surface area contributed by atoms with Crippen LogP contribution in [0.15, 0.2) is 71.9 Å². The topological polar surface area (TPSA) is 89.5 Å². The fourth-order valence-electron chi connectivity index (χ4n) is 3.76. The molecule has 4 aromatic rings. The summed E-state index contributed by atoms with van der Waals surface area (Å²) in [6.07, 6.45) is 0. The van der Waals surface area contributed by atoms with Crippen LogP contribution in [-0.2, 0) is 9.53 Å². The molecule has 0 radical (unpaired) electrons. The molecule has 5 rings (SSSR count). The van der Waals surface area contributed by atoms with Crippen molar-refractivity contribution >= 4 is 50.4 Å². The van der Waals surface area contributed by atoms with Crippen LogP contribution in [0.25, 0.3) is 15.8 Å². The van der Waals surface area contributed by atoms with Gasteiger partial charge in [-0.3, -0.25) is 4.79 Å². The Morgan fingerprint density at radius 3 is 2.67 bits per heavy atom. The van der Waals surface area contributed by atoms with Crippen molar-refractivity contribution in [3.63, 3.8) is 0 Å². The van der Waals surface area contributed by atoms with E-state index in [1.54, 1.807) is 29.8 Å². The molecule has 1 aliphatic heterocycles. The van der Waals surface area contributed by atoms with Crippen LogP contribution < -0.4 is 15.4 Å². The highest BCUT2D eigenvalue weighted by Crippen LogP contribution is 2.40. The lowest BCUT2D eigenvalue weighted by atomic mass is 10.0. The van der Waals surface area contributed by atoms with Crippen LogP contribution in [0.3, 0.4) is 0 Å². The Labute approximate surface area is 193 Å². The predicted octanol–water partition coefficient (Wildman–Crippen LogP) is 5.67. The van der Waals surface area contributed by atoms with Crippen molar-refractivity contribution in [2.45, 2.75) is 6.92 Å². The molecule has 0 fully saturated rings. The Morgan fingerprint density at radius 1 is 1.06 bits per heavy atom. The quantitative estimate of drug-likeness (QED) is 0.296. The highest BCUT2D eigenvalue weighted by atomic mass is 32.1. The number of rotatable bonds is 5. The lowest BCUT2D eigenvalue weighted by molar-refractivity contribution is -0.110. The van der Waals surface area contributed by atoms with Gasteiger partial charge >= 0.3 is 5.97 Å². The molecule has 33 heavy (non-hydrogen) atoms. The molecule has 0 aliphatic carbocycles. The van der Waals surface area contributed by atoms with Gasteiger partial charge in [0.15, 0.2) is 0 Å². The summed E-state index contributed by atoms with van der Waals surface area (Å²) in [5, 5.41) is 6.26. The number of fused-ring (bicyclic) bond motifs is 3. The van der Waals surface area contributed by atoms with E-state index in [1.807, 2.05) is 43.3 Å². The first-order chi connectivity index (χ1) is 16.0. The summed E-state index contributed by atoms with van der Waals surface area (Å²) in [6.45, 7) is 1.88. The van der Waals surface area contributed by atoms with Gasteiger partial charge in [-0.25, -0.2) is 9.78 Å². The Morgan fingerprint density at radius 2 is 1.88 bits per heavy atom. The second kappa shape index (κ2) is 8.40. The number of hydrogen-bond donors (Lipinski definition) is 2. The number of ether oxygens (including phenoxy) is 2. The summed E-state index contributed by atoms with van der Waals surface area (Å²) in [7, 11) is 1.34. The van der Waals surface area contributed by atoms with Crippen molar-refractivity contribution in [3.8, 4) is 11.5 Å². The van der Waals surface area contributed by atoms with Gasteiger partial charge in [0.25, 0.3) is 5.91 Å². The van der Waals surface area contributed by atoms with Crippen molar-refractivity contribution in [2.24, 2.45) is 0 Å². The maximum absolute atomic E-state index is 12.7. The number of methoxy groups -OCH3 is 1. The maximum Gasteiger partial charge on any atom is 0.337 e. The molecule has 1 aliphatic rings. The number of hydrogen-bond acceptors (Lipinski definition) is 7. The lowest BCUT2D eigenvalue weighted by Crippen LogP contribution is -2.08. The molecule has 0 atom stereocenters. The number of nitrogens with zero attached hydrogens (tertiary/aromatic N) is 1. The molecule has 164 valence electrons. The van der Waals surface area contributed by atoms with Gasteiger partial charge in [0, 0.05) is 16.9 Å². The minimum atomic E-state index is -0.420.